The number of piperidine rings is 1. The number of carbonyl (C=O) groups is 2. The predicted octanol–water partition coefficient (Wildman–Crippen LogP) is 3.11. The fraction of sp³-hybridized carbons (Fsp3) is 0.467. The van der Waals surface area contributed by atoms with Gasteiger partial charge in [-0.1, -0.05) is 29.6 Å². The molecule has 0 bridgehead atoms. The van der Waals surface area contributed by atoms with Crippen molar-refractivity contribution < 1.29 is 9.59 Å². The van der Waals surface area contributed by atoms with Gasteiger partial charge in [-0.05, 0) is 44.1 Å². The van der Waals surface area contributed by atoms with Crippen LogP contribution in [-0.2, 0) is 9.59 Å². The molecular formula is C15H16Cl2N2O2. The maximum atomic E-state index is 12.6. The number of halogens is 2. The minimum atomic E-state index is -0.327. The van der Waals surface area contributed by atoms with E-state index in [2.05, 4.69) is 4.90 Å². The largest absolute Gasteiger partial charge is 0.292 e. The van der Waals surface area contributed by atoms with Gasteiger partial charge in [0, 0.05) is 0 Å². The van der Waals surface area contributed by atoms with Gasteiger partial charge in [0.25, 0.3) is 5.91 Å². The van der Waals surface area contributed by atoms with Gasteiger partial charge in [0.15, 0.2) is 0 Å². The molecule has 1 atom stereocenters. The molecule has 2 saturated heterocycles. The van der Waals surface area contributed by atoms with E-state index in [1.807, 2.05) is 0 Å². The van der Waals surface area contributed by atoms with Gasteiger partial charge in [-0.15, -0.1) is 0 Å². The van der Waals surface area contributed by atoms with Crippen molar-refractivity contribution in [1.82, 2.24) is 4.90 Å². The van der Waals surface area contributed by atoms with Crippen molar-refractivity contribution >= 4 is 40.7 Å². The second kappa shape index (κ2) is 5.95. The molecule has 0 radical (unpaired) electrons. The molecule has 2 fully saturated rings. The molecule has 2 heterocycles. The van der Waals surface area contributed by atoms with Gasteiger partial charge in [0.05, 0.1) is 28.2 Å². The van der Waals surface area contributed by atoms with Gasteiger partial charge < -0.3 is 0 Å². The lowest BCUT2D eigenvalue weighted by Gasteiger charge is -2.30. The number of amides is 2. The molecule has 0 aliphatic carbocycles. The number of hydrogen-bond donors (Lipinski definition) is 0. The molecule has 1 aromatic rings. The predicted molar refractivity (Wildman–Crippen MR) is 82.8 cm³/mol. The average Bonchev–Trinajstić information content (AvgIpc) is 2.78. The lowest BCUT2D eigenvalue weighted by Crippen LogP contribution is -2.44. The summed E-state index contributed by atoms with van der Waals surface area (Å²) in [7, 11) is 0. The van der Waals surface area contributed by atoms with Crippen LogP contribution >= 0.6 is 23.2 Å². The van der Waals surface area contributed by atoms with Gasteiger partial charge in [0.1, 0.15) is 0 Å². The molecule has 2 aliphatic heterocycles. The van der Waals surface area contributed by atoms with Crippen LogP contribution < -0.4 is 4.90 Å². The highest BCUT2D eigenvalue weighted by Crippen LogP contribution is 2.31. The van der Waals surface area contributed by atoms with Gasteiger partial charge in [-0.3, -0.25) is 14.5 Å². The summed E-state index contributed by atoms with van der Waals surface area (Å²) >= 11 is 11.9. The number of hydrogen-bond acceptors (Lipinski definition) is 3. The zero-order valence-electron chi connectivity index (χ0n) is 11.5. The Morgan fingerprint density at radius 1 is 1.00 bits per heavy atom. The maximum absolute atomic E-state index is 12.6. The molecule has 4 nitrogen and oxygen atoms in total. The minimum Gasteiger partial charge on any atom is -0.292 e. The molecule has 2 amide bonds. The molecule has 0 aromatic heterocycles. The van der Waals surface area contributed by atoms with Crippen molar-refractivity contribution in [3.05, 3.63) is 28.2 Å². The van der Waals surface area contributed by atoms with Crippen molar-refractivity contribution in [3.63, 3.8) is 0 Å². The van der Waals surface area contributed by atoms with Crippen LogP contribution in [0.15, 0.2) is 18.2 Å². The van der Waals surface area contributed by atoms with Crippen LogP contribution in [0.5, 0.6) is 0 Å². The van der Waals surface area contributed by atoms with E-state index in [0.717, 1.165) is 25.9 Å². The lowest BCUT2D eigenvalue weighted by atomic mass is 10.1. The van der Waals surface area contributed by atoms with E-state index < -0.39 is 0 Å². The smallest absolute Gasteiger partial charge is 0.251 e. The first kappa shape index (κ1) is 14.8. The number of nitrogens with zero attached hydrogens (tertiary/aromatic N) is 2. The van der Waals surface area contributed by atoms with E-state index in [0.29, 0.717) is 15.7 Å². The molecule has 6 heteroatoms. The van der Waals surface area contributed by atoms with Crippen molar-refractivity contribution in [1.29, 1.82) is 0 Å². The Morgan fingerprint density at radius 2 is 1.71 bits per heavy atom. The summed E-state index contributed by atoms with van der Waals surface area (Å²) in [4.78, 5) is 28.2. The monoisotopic (exact) mass is 326 g/mol. The standard InChI is InChI=1S/C15H16Cl2N2O2/c16-11-5-4-10(8-12(11)17)19-14(20)9-13(15(19)21)18-6-2-1-3-7-18/h4-5,8,13H,1-3,6-7,9H2/t13-/m0/s1. The molecule has 0 spiro atoms. The van der Waals surface area contributed by atoms with Crippen molar-refractivity contribution in [2.24, 2.45) is 0 Å². The summed E-state index contributed by atoms with van der Waals surface area (Å²) in [6, 6.07) is 4.50. The summed E-state index contributed by atoms with van der Waals surface area (Å²) in [5, 5.41) is 0.753. The van der Waals surface area contributed by atoms with E-state index in [1.54, 1.807) is 18.2 Å². The number of benzene rings is 1. The fourth-order valence-corrected chi connectivity index (χ4v) is 3.32. The Labute approximate surface area is 133 Å². The van der Waals surface area contributed by atoms with Gasteiger partial charge in [0.2, 0.25) is 5.91 Å². The van der Waals surface area contributed by atoms with Crippen molar-refractivity contribution in [2.75, 3.05) is 18.0 Å². The molecule has 0 N–H and O–H groups in total. The molecule has 0 unspecified atom stereocenters. The Morgan fingerprint density at radius 3 is 2.38 bits per heavy atom. The summed E-state index contributed by atoms with van der Waals surface area (Å²) in [6.45, 7) is 1.78. The van der Waals surface area contributed by atoms with E-state index >= 15 is 0 Å². The summed E-state index contributed by atoms with van der Waals surface area (Å²) < 4.78 is 0. The zero-order chi connectivity index (χ0) is 15.0. The molecule has 2 aliphatic rings. The molecule has 0 saturated carbocycles. The first-order chi connectivity index (χ1) is 10.1. The highest BCUT2D eigenvalue weighted by Gasteiger charge is 2.42. The topological polar surface area (TPSA) is 40.6 Å². The normalized spacial score (nSPS) is 23.9. The van der Waals surface area contributed by atoms with Crippen LogP contribution in [0.3, 0.4) is 0 Å². The third kappa shape index (κ3) is 2.80. The molecule has 112 valence electrons. The summed E-state index contributed by atoms with van der Waals surface area (Å²) in [5.74, 6) is -0.325. The van der Waals surface area contributed by atoms with Gasteiger partial charge >= 0.3 is 0 Å². The highest BCUT2D eigenvalue weighted by molar-refractivity contribution is 6.42. The number of anilines is 1. The Bertz CT molecular complexity index is 585. The van der Waals surface area contributed by atoms with Crippen LogP contribution in [0.2, 0.25) is 10.0 Å². The van der Waals surface area contributed by atoms with Crippen LogP contribution in [-0.4, -0.2) is 35.8 Å². The van der Waals surface area contributed by atoms with Crippen molar-refractivity contribution in [2.45, 2.75) is 31.7 Å². The Balaban J connectivity index is 1.84. The van der Waals surface area contributed by atoms with Crippen LogP contribution in [0.25, 0.3) is 0 Å². The van der Waals surface area contributed by atoms with Gasteiger partial charge in [-0.2, -0.15) is 0 Å². The van der Waals surface area contributed by atoms with E-state index in [9.17, 15) is 9.59 Å². The van der Waals surface area contributed by atoms with Crippen molar-refractivity contribution in [3.8, 4) is 0 Å². The maximum Gasteiger partial charge on any atom is 0.251 e. The number of imide groups is 1. The van der Waals surface area contributed by atoms with E-state index in [4.69, 9.17) is 23.2 Å². The Hall–Kier alpha value is -1.10. The van der Waals surface area contributed by atoms with Crippen LogP contribution in [0.1, 0.15) is 25.7 Å². The highest BCUT2D eigenvalue weighted by atomic mass is 35.5. The first-order valence-corrected chi connectivity index (χ1v) is 7.89. The molecule has 1 aromatic carbocycles. The second-order valence-electron chi connectivity index (χ2n) is 5.48. The third-order valence-corrected chi connectivity index (χ3v) is 4.85. The minimum absolute atomic E-state index is 0.153. The fourth-order valence-electron chi connectivity index (χ4n) is 3.03. The van der Waals surface area contributed by atoms with Crippen LogP contribution in [0, 0.1) is 0 Å². The van der Waals surface area contributed by atoms with E-state index in [1.165, 1.54) is 11.3 Å². The lowest BCUT2D eigenvalue weighted by molar-refractivity contribution is -0.123. The Kier molecular flexibility index (Phi) is 4.20. The molecule has 3 rings (SSSR count). The molecular weight excluding hydrogens is 311 g/mol. The number of rotatable bonds is 2. The zero-order valence-corrected chi connectivity index (χ0v) is 13.0. The van der Waals surface area contributed by atoms with Crippen LogP contribution in [0.4, 0.5) is 5.69 Å². The SMILES string of the molecule is O=C1C[C@H](N2CCCCC2)C(=O)N1c1ccc(Cl)c(Cl)c1. The first-order valence-electron chi connectivity index (χ1n) is 7.14. The number of likely N-dealkylation sites (tertiary alicyclic amines) is 1. The summed E-state index contributed by atoms with van der Waals surface area (Å²) in [6.07, 6.45) is 3.62. The second-order valence-corrected chi connectivity index (χ2v) is 6.30. The third-order valence-electron chi connectivity index (χ3n) is 4.12. The quantitative estimate of drug-likeness (QED) is 0.784. The average molecular weight is 327 g/mol. The summed E-state index contributed by atoms with van der Waals surface area (Å²) in [5.41, 5.74) is 0.499. The van der Waals surface area contributed by atoms with E-state index in [-0.39, 0.29) is 24.3 Å². The van der Waals surface area contributed by atoms with Gasteiger partial charge in [-0.25, -0.2) is 4.90 Å². The number of carbonyl (C=O) groups excluding carboxylic acids is 2. The molecule has 21 heavy (non-hydrogen) atoms.